The van der Waals surface area contributed by atoms with Crippen LogP contribution in [-0.4, -0.2) is 52.2 Å². The lowest BCUT2D eigenvalue weighted by molar-refractivity contribution is -0.0329. The fourth-order valence-corrected chi connectivity index (χ4v) is 11.6. The third-order valence-electron chi connectivity index (χ3n) is 7.81. The summed E-state index contributed by atoms with van der Waals surface area (Å²) in [4.78, 5) is 21.7. The van der Waals surface area contributed by atoms with Crippen LogP contribution < -0.4 is 5.32 Å². The Labute approximate surface area is 220 Å². The Hall–Kier alpha value is -2.59. The van der Waals surface area contributed by atoms with Gasteiger partial charge >= 0.3 is 0 Å². The van der Waals surface area contributed by atoms with Crippen molar-refractivity contribution in [1.29, 1.82) is 0 Å². The number of nitrogens with one attached hydrogen (secondary N) is 1. The van der Waals surface area contributed by atoms with Crippen LogP contribution in [0.25, 0.3) is 11.0 Å². The Morgan fingerprint density at radius 1 is 1.08 bits per heavy atom. The maximum Gasteiger partial charge on any atom is 0.256 e. The van der Waals surface area contributed by atoms with Crippen LogP contribution in [0.1, 0.15) is 71.5 Å². The van der Waals surface area contributed by atoms with Gasteiger partial charge in [-0.15, -0.1) is 0 Å². The van der Waals surface area contributed by atoms with Gasteiger partial charge in [0.05, 0.1) is 11.5 Å². The number of carbonyl (C=O) groups is 1. The first kappa shape index (κ1) is 27.4. The van der Waals surface area contributed by atoms with E-state index >= 15 is 0 Å². The number of ether oxygens (including phenoxy) is 1. The summed E-state index contributed by atoms with van der Waals surface area (Å²) >= 11 is 0. The molecular formula is C28H40N4O4Si. The van der Waals surface area contributed by atoms with Crippen molar-refractivity contribution in [3.05, 3.63) is 54.5 Å². The smallest absolute Gasteiger partial charge is 0.256 e. The lowest BCUT2D eigenvalue weighted by Crippen LogP contribution is -2.53. The zero-order chi connectivity index (χ0) is 26.9. The van der Waals surface area contributed by atoms with E-state index in [1.807, 2.05) is 42.0 Å². The highest BCUT2D eigenvalue weighted by Gasteiger charge is 2.53. The molecule has 0 radical (unpaired) electrons. The summed E-state index contributed by atoms with van der Waals surface area (Å²) in [6.07, 6.45) is 1.81. The summed E-state index contributed by atoms with van der Waals surface area (Å²) in [5, 5.41) is 15.0. The Kier molecular flexibility index (Phi) is 8.18. The van der Waals surface area contributed by atoms with Gasteiger partial charge in [0, 0.05) is 11.8 Å². The van der Waals surface area contributed by atoms with Crippen molar-refractivity contribution >= 4 is 31.1 Å². The van der Waals surface area contributed by atoms with Crippen molar-refractivity contribution in [2.45, 2.75) is 96.1 Å². The van der Waals surface area contributed by atoms with Gasteiger partial charge in [-0.25, -0.2) is 9.97 Å². The van der Waals surface area contributed by atoms with E-state index < -0.39 is 26.8 Å². The standard InChI is InChI=1S/C28H40N4O4Si/c1-8-22-23(33)24(36-37(17(2)3,18(4)5)19(6)7)28(35-22)32-15-14-21-25(29-16-30-26(21)32)31-27(34)20-12-10-9-11-13-20/h9-19,22-24,28,33H,8H2,1-7H3,(H,29,30,31,34)/t22-,23-,24-,28-/m1/s1. The lowest BCUT2D eigenvalue weighted by Gasteiger charge is -2.45. The summed E-state index contributed by atoms with van der Waals surface area (Å²) in [7, 11) is -2.31. The third kappa shape index (κ3) is 4.97. The van der Waals surface area contributed by atoms with Gasteiger partial charge in [0.15, 0.2) is 6.23 Å². The van der Waals surface area contributed by atoms with Gasteiger partial charge in [-0.3, -0.25) is 4.79 Å². The molecule has 0 spiro atoms. The van der Waals surface area contributed by atoms with Crippen LogP contribution in [0, 0.1) is 0 Å². The molecule has 1 aliphatic rings. The number of benzene rings is 1. The molecule has 0 unspecified atom stereocenters. The van der Waals surface area contributed by atoms with Gasteiger partial charge in [-0.05, 0) is 41.2 Å². The monoisotopic (exact) mass is 524 g/mol. The quantitative estimate of drug-likeness (QED) is 0.338. The topological polar surface area (TPSA) is 98.5 Å². The number of aliphatic hydroxyl groups excluding tert-OH is 1. The van der Waals surface area contributed by atoms with Crippen LogP contribution in [-0.2, 0) is 9.16 Å². The third-order valence-corrected chi connectivity index (χ3v) is 13.9. The molecule has 3 aromatic rings. The number of hydrogen-bond acceptors (Lipinski definition) is 6. The Morgan fingerprint density at radius 3 is 2.32 bits per heavy atom. The molecule has 1 amide bonds. The zero-order valence-electron chi connectivity index (χ0n) is 22.9. The number of rotatable bonds is 9. The van der Waals surface area contributed by atoms with E-state index in [9.17, 15) is 9.90 Å². The van der Waals surface area contributed by atoms with E-state index in [4.69, 9.17) is 9.16 Å². The number of aliphatic hydroxyl groups is 1. The molecule has 8 nitrogen and oxygen atoms in total. The molecule has 4 rings (SSSR count). The summed E-state index contributed by atoms with van der Waals surface area (Å²) in [5.41, 5.74) is 2.26. The number of aromatic nitrogens is 3. The molecule has 2 N–H and O–H groups in total. The van der Waals surface area contributed by atoms with Gasteiger partial charge in [0.2, 0.25) is 8.32 Å². The van der Waals surface area contributed by atoms with Crippen LogP contribution in [0.5, 0.6) is 0 Å². The molecule has 200 valence electrons. The van der Waals surface area contributed by atoms with Crippen molar-refractivity contribution < 1.29 is 19.1 Å². The molecule has 0 aliphatic carbocycles. The molecule has 37 heavy (non-hydrogen) atoms. The van der Waals surface area contributed by atoms with Gasteiger partial charge in [0.1, 0.15) is 30.0 Å². The molecule has 9 heteroatoms. The highest BCUT2D eigenvalue weighted by molar-refractivity contribution is 6.77. The average Bonchev–Trinajstić information content (AvgIpc) is 3.43. The molecule has 2 aromatic heterocycles. The first-order chi connectivity index (χ1) is 17.6. The number of nitrogens with zero attached hydrogens (tertiary/aromatic N) is 3. The van der Waals surface area contributed by atoms with Crippen LogP contribution in [0.4, 0.5) is 5.82 Å². The normalized spacial score (nSPS) is 22.5. The molecule has 3 heterocycles. The van der Waals surface area contributed by atoms with Crippen molar-refractivity contribution in [2.75, 3.05) is 5.32 Å². The molecule has 0 bridgehead atoms. The maximum absolute atomic E-state index is 12.8. The molecule has 0 saturated carbocycles. The van der Waals surface area contributed by atoms with Gasteiger partial charge < -0.3 is 24.2 Å². The second-order valence-corrected chi connectivity index (χ2v) is 16.3. The predicted octanol–water partition coefficient (Wildman–Crippen LogP) is 5.91. The van der Waals surface area contributed by atoms with Crippen LogP contribution >= 0.6 is 0 Å². The van der Waals surface area contributed by atoms with E-state index in [2.05, 4.69) is 56.8 Å². The van der Waals surface area contributed by atoms with E-state index in [1.54, 1.807) is 12.1 Å². The fraction of sp³-hybridized carbons (Fsp3) is 0.536. The summed E-state index contributed by atoms with van der Waals surface area (Å²) in [5.74, 6) is 0.186. The second-order valence-electron chi connectivity index (χ2n) is 10.9. The van der Waals surface area contributed by atoms with E-state index in [0.717, 1.165) is 0 Å². The van der Waals surface area contributed by atoms with E-state index in [0.29, 0.717) is 45.5 Å². The summed E-state index contributed by atoms with van der Waals surface area (Å²) < 4.78 is 15.4. The number of carbonyl (C=O) groups excluding carboxylic acids is 1. The molecular weight excluding hydrogens is 484 g/mol. The lowest BCUT2D eigenvalue weighted by atomic mass is 10.1. The number of amides is 1. The maximum atomic E-state index is 12.8. The van der Waals surface area contributed by atoms with Crippen molar-refractivity contribution in [2.24, 2.45) is 0 Å². The largest absolute Gasteiger partial charge is 0.406 e. The van der Waals surface area contributed by atoms with Gasteiger partial charge in [-0.1, -0.05) is 66.7 Å². The molecule has 1 saturated heterocycles. The molecule has 1 aromatic carbocycles. The number of anilines is 1. The summed E-state index contributed by atoms with van der Waals surface area (Å²) in [6, 6.07) is 10.9. The summed E-state index contributed by atoms with van der Waals surface area (Å²) in [6.45, 7) is 15.4. The van der Waals surface area contributed by atoms with Crippen LogP contribution in [0.15, 0.2) is 48.9 Å². The predicted molar refractivity (Wildman–Crippen MR) is 148 cm³/mol. The fourth-order valence-electron chi connectivity index (χ4n) is 6.10. The average molecular weight is 525 g/mol. The minimum absolute atomic E-state index is 0.241. The van der Waals surface area contributed by atoms with Crippen LogP contribution in [0.3, 0.4) is 0 Å². The molecule has 4 atom stereocenters. The Morgan fingerprint density at radius 2 is 1.73 bits per heavy atom. The van der Waals surface area contributed by atoms with Crippen molar-refractivity contribution in [1.82, 2.24) is 14.5 Å². The highest BCUT2D eigenvalue weighted by atomic mass is 28.4. The Bertz CT molecular complexity index is 1190. The molecule has 1 fully saturated rings. The second kappa shape index (κ2) is 11.0. The number of fused-ring (bicyclic) bond motifs is 1. The Balaban J connectivity index is 1.72. The highest BCUT2D eigenvalue weighted by Crippen LogP contribution is 2.47. The van der Waals surface area contributed by atoms with E-state index in [-0.39, 0.29) is 12.0 Å². The number of hydrogen-bond donors (Lipinski definition) is 2. The SMILES string of the molecule is CC[C@H]1O[C@@H](n2ccc3c(NC(=O)c4ccccc4)ncnc32)[C@H](O[Si](C(C)C)(C(C)C)C(C)C)[C@@H]1O. The minimum Gasteiger partial charge on any atom is -0.406 e. The van der Waals surface area contributed by atoms with Crippen molar-refractivity contribution in [3.63, 3.8) is 0 Å². The van der Waals surface area contributed by atoms with Gasteiger partial charge in [-0.2, -0.15) is 0 Å². The van der Waals surface area contributed by atoms with Crippen molar-refractivity contribution in [3.8, 4) is 0 Å². The zero-order valence-corrected chi connectivity index (χ0v) is 23.9. The van der Waals surface area contributed by atoms with E-state index in [1.165, 1.54) is 6.33 Å². The minimum atomic E-state index is -2.31. The first-order valence-electron chi connectivity index (χ1n) is 13.3. The van der Waals surface area contributed by atoms with Gasteiger partial charge in [0.25, 0.3) is 5.91 Å². The van der Waals surface area contributed by atoms with Crippen LogP contribution in [0.2, 0.25) is 16.6 Å². The molecule has 1 aliphatic heterocycles. The first-order valence-corrected chi connectivity index (χ1v) is 15.4.